The summed E-state index contributed by atoms with van der Waals surface area (Å²) < 4.78 is 36.4. The molecule has 1 aromatic heterocycles. The van der Waals surface area contributed by atoms with E-state index in [-0.39, 0.29) is 12.1 Å². The van der Waals surface area contributed by atoms with Gasteiger partial charge in [-0.2, -0.15) is 18.3 Å². The van der Waals surface area contributed by atoms with Gasteiger partial charge in [-0.15, -0.1) is 0 Å². The highest BCUT2D eigenvalue weighted by Crippen LogP contribution is 2.17. The van der Waals surface area contributed by atoms with Crippen LogP contribution in [0.25, 0.3) is 0 Å². The highest BCUT2D eigenvalue weighted by Gasteiger charge is 2.29. The third kappa shape index (κ3) is 2.89. The summed E-state index contributed by atoms with van der Waals surface area (Å²) in [5.41, 5.74) is 0.271. The topological polar surface area (TPSA) is 34.9 Å². The van der Waals surface area contributed by atoms with Crippen LogP contribution in [0.2, 0.25) is 0 Å². The molecule has 0 bridgehead atoms. The van der Waals surface area contributed by atoms with Gasteiger partial charge < -0.3 is 4.79 Å². The van der Waals surface area contributed by atoms with Crippen LogP contribution < -0.4 is 0 Å². The smallest absolute Gasteiger partial charge is 0.303 e. The Bertz CT molecular complexity index is 292. The molecule has 1 heterocycles. The molecule has 0 aliphatic rings. The summed E-state index contributed by atoms with van der Waals surface area (Å²) in [6.45, 7) is -1.15. The van der Waals surface area contributed by atoms with Crippen LogP contribution in [-0.4, -0.2) is 22.2 Å². The molecule has 0 saturated carbocycles. The maximum Gasteiger partial charge on any atom is 0.408 e. The molecule has 13 heavy (non-hydrogen) atoms. The van der Waals surface area contributed by atoms with E-state index in [1.165, 1.54) is 12.3 Å². The largest absolute Gasteiger partial charge is 0.408 e. The van der Waals surface area contributed by atoms with Gasteiger partial charge in [0, 0.05) is 18.3 Å². The van der Waals surface area contributed by atoms with Gasteiger partial charge in [-0.1, -0.05) is 0 Å². The van der Waals surface area contributed by atoms with Crippen molar-refractivity contribution in [1.82, 2.24) is 9.78 Å². The predicted molar refractivity (Wildman–Crippen MR) is 38.1 cm³/mol. The zero-order chi connectivity index (χ0) is 9.90. The van der Waals surface area contributed by atoms with Crippen molar-refractivity contribution in [2.75, 3.05) is 0 Å². The first-order valence-corrected chi connectivity index (χ1v) is 3.54. The Hall–Kier alpha value is -1.33. The first kappa shape index (κ1) is 9.76. The Balaban J connectivity index is 2.76. The average molecular weight is 192 g/mol. The summed E-state index contributed by atoms with van der Waals surface area (Å²) in [4.78, 5) is 10.1. The number of rotatable bonds is 3. The number of aldehydes is 1. The van der Waals surface area contributed by atoms with E-state index in [1.54, 1.807) is 0 Å². The third-order valence-electron chi connectivity index (χ3n) is 1.43. The zero-order valence-electron chi connectivity index (χ0n) is 6.58. The van der Waals surface area contributed by atoms with E-state index in [9.17, 15) is 18.0 Å². The molecule has 0 atom stereocenters. The zero-order valence-corrected chi connectivity index (χ0v) is 6.58. The van der Waals surface area contributed by atoms with Crippen molar-refractivity contribution in [1.29, 1.82) is 0 Å². The maximum absolute atomic E-state index is 11.9. The second-order valence-corrected chi connectivity index (χ2v) is 2.47. The lowest BCUT2D eigenvalue weighted by Gasteiger charge is -2.08. The van der Waals surface area contributed by atoms with Gasteiger partial charge in [0.15, 0.2) is 0 Å². The fourth-order valence-corrected chi connectivity index (χ4v) is 0.931. The van der Waals surface area contributed by atoms with Crippen molar-refractivity contribution in [3.05, 3.63) is 18.0 Å². The molecule has 72 valence electrons. The van der Waals surface area contributed by atoms with Crippen LogP contribution in [0, 0.1) is 0 Å². The highest BCUT2D eigenvalue weighted by atomic mass is 19.4. The van der Waals surface area contributed by atoms with Gasteiger partial charge in [0.2, 0.25) is 0 Å². The summed E-state index contributed by atoms with van der Waals surface area (Å²) in [5.74, 6) is 0. The number of hydrogen-bond donors (Lipinski definition) is 0. The Morgan fingerprint density at radius 3 is 2.77 bits per heavy atom. The molecule has 1 aromatic rings. The lowest BCUT2D eigenvalue weighted by atomic mass is 10.3. The van der Waals surface area contributed by atoms with E-state index in [0.29, 0.717) is 6.29 Å². The summed E-state index contributed by atoms with van der Waals surface area (Å²) in [6.07, 6.45) is -2.56. The Labute approximate surface area is 72.2 Å². The molecular weight excluding hydrogens is 185 g/mol. The van der Waals surface area contributed by atoms with Crippen molar-refractivity contribution in [2.45, 2.75) is 19.1 Å². The summed E-state index contributed by atoms with van der Waals surface area (Å²) >= 11 is 0. The molecule has 1 rings (SSSR count). The molecule has 0 amide bonds. The number of carbonyl (C=O) groups is 1. The Morgan fingerprint density at radius 2 is 2.23 bits per heavy atom. The first-order chi connectivity index (χ1) is 6.03. The molecule has 3 nitrogen and oxygen atoms in total. The van der Waals surface area contributed by atoms with Crippen molar-refractivity contribution < 1.29 is 18.0 Å². The predicted octanol–water partition coefficient (Wildman–Crippen LogP) is 1.19. The number of aromatic nitrogens is 2. The fourth-order valence-electron chi connectivity index (χ4n) is 0.931. The summed E-state index contributed by atoms with van der Waals surface area (Å²) in [7, 11) is 0. The van der Waals surface area contributed by atoms with Crippen molar-refractivity contribution in [3.63, 3.8) is 0 Å². The number of halogens is 3. The number of carbonyl (C=O) groups excluding carboxylic acids is 1. The van der Waals surface area contributed by atoms with Crippen molar-refractivity contribution in [2.24, 2.45) is 0 Å². The minimum absolute atomic E-state index is 0.0456. The second kappa shape index (κ2) is 3.59. The highest BCUT2D eigenvalue weighted by molar-refractivity contribution is 5.53. The van der Waals surface area contributed by atoms with E-state index in [0.717, 1.165) is 4.68 Å². The van der Waals surface area contributed by atoms with Gasteiger partial charge in [0.05, 0.1) is 0 Å². The summed E-state index contributed by atoms with van der Waals surface area (Å²) in [5, 5.41) is 3.46. The van der Waals surface area contributed by atoms with Gasteiger partial charge >= 0.3 is 6.18 Å². The average Bonchev–Trinajstić information content (AvgIpc) is 2.34. The normalized spacial score (nSPS) is 11.6. The van der Waals surface area contributed by atoms with Crippen LogP contribution in [0.4, 0.5) is 13.2 Å². The van der Waals surface area contributed by atoms with E-state index in [2.05, 4.69) is 5.10 Å². The minimum atomic E-state index is -4.30. The maximum atomic E-state index is 11.9. The number of nitrogens with zero attached hydrogens (tertiary/aromatic N) is 2. The SMILES string of the molecule is O=CCc1ccnn1CC(F)(F)F. The molecule has 0 saturated heterocycles. The van der Waals surface area contributed by atoms with Crippen LogP contribution in [-0.2, 0) is 17.8 Å². The Morgan fingerprint density at radius 1 is 1.54 bits per heavy atom. The first-order valence-electron chi connectivity index (χ1n) is 3.54. The molecule has 0 unspecified atom stereocenters. The van der Waals surface area contributed by atoms with E-state index in [1.807, 2.05) is 0 Å². The molecule has 0 spiro atoms. The van der Waals surface area contributed by atoms with Crippen LogP contribution in [0.3, 0.4) is 0 Å². The van der Waals surface area contributed by atoms with Crippen LogP contribution in [0.1, 0.15) is 5.69 Å². The number of alkyl halides is 3. The van der Waals surface area contributed by atoms with Crippen molar-refractivity contribution in [3.8, 4) is 0 Å². The van der Waals surface area contributed by atoms with Gasteiger partial charge in [0.1, 0.15) is 12.8 Å². The van der Waals surface area contributed by atoms with Gasteiger partial charge in [-0.05, 0) is 6.07 Å². The number of hydrogen-bond acceptors (Lipinski definition) is 2. The van der Waals surface area contributed by atoms with Crippen LogP contribution in [0.15, 0.2) is 12.3 Å². The fraction of sp³-hybridized carbons (Fsp3) is 0.429. The lowest BCUT2D eigenvalue weighted by Crippen LogP contribution is -2.20. The quantitative estimate of drug-likeness (QED) is 0.674. The van der Waals surface area contributed by atoms with E-state index < -0.39 is 12.7 Å². The molecule has 6 heteroatoms. The Kier molecular flexibility index (Phi) is 2.69. The van der Waals surface area contributed by atoms with Crippen LogP contribution in [0.5, 0.6) is 0 Å². The molecule has 0 N–H and O–H groups in total. The molecule has 0 fully saturated rings. The van der Waals surface area contributed by atoms with Gasteiger partial charge in [-0.25, -0.2) is 0 Å². The molecule has 0 radical (unpaired) electrons. The van der Waals surface area contributed by atoms with Gasteiger partial charge in [-0.3, -0.25) is 4.68 Å². The van der Waals surface area contributed by atoms with Crippen LogP contribution >= 0.6 is 0 Å². The molecule has 0 aliphatic carbocycles. The minimum Gasteiger partial charge on any atom is -0.303 e. The van der Waals surface area contributed by atoms with Crippen molar-refractivity contribution >= 4 is 6.29 Å². The monoisotopic (exact) mass is 192 g/mol. The van der Waals surface area contributed by atoms with E-state index >= 15 is 0 Å². The summed E-state index contributed by atoms with van der Waals surface area (Å²) in [6, 6.07) is 1.39. The molecular formula is C7H7F3N2O. The van der Waals surface area contributed by atoms with E-state index in [4.69, 9.17) is 0 Å². The molecule has 0 aliphatic heterocycles. The standard InChI is InChI=1S/C7H7F3N2O/c8-7(9,10)5-12-6(2-4-13)1-3-11-12/h1,3-4H,2,5H2. The molecule has 0 aromatic carbocycles. The third-order valence-corrected chi connectivity index (χ3v) is 1.43. The second-order valence-electron chi connectivity index (χ2n) is 2.47. The van der Waals surface area contributed by atoms with Gasteiger partial charge in [0.25, 0.3) is 0 Å². The lowest BCUT2D eigenvalue weighted by molar-refractivity contribution is -0.143.